The van der Waals surface area contributed by atoms with Crippen LogP contribution in [0.15, 0.2) is 30.7 Å². The van der Waals surface area contributed by atoms with Crippen molar-refractivity contribution in [3.05, 3.63) is 42.1 Å². The third kappa shape index (κ3) is 2.41. The number of anilines is 1. The zero-order chi connectivity index (χ0) is 13.4. The maximum atomic E-state index is 4.52. The monoisotopic (exact) mass is 269 g/mol. The van der Waals surface area contributed by atoms with Crippen molar-refractivity contribution < 1.29 is 0 Å². The van der Waals surface area contributed by atoms with Crippen LogP contribution in [0.1, 0.15) is 24.2 Å². The number of aromatic nitrogens is 3. The average Bonchev–Trinajstić information content (AvgIpc) is 3.20. The summed E-state index contributed by atoms with van der Waals surface area (Å²) in [6.45, 7) is 3.78. The van der Waals surface area contributed by atoms with Gasteiger partial charge >= 0.3 is 0 Å². The molecule has 2 aromatic rings. The van der Waals surface area contributed by atoms with Crippen molar-refractivity contribution in [3.63, 3.8) is 0 Å². The van der Waals surface area contributed by atoms with E-state index in [-0.39, 0.29) is 0 Å². The molecule has 3 heterocycles. The first-order valence-corrected chi connectivity index (χ1v) is 7.32. The van der Waals surface area contributed by atoms with Gasteiger partial charge in [-0.15, -0.1) is 0 Å². The van der Waals surface area contributed by atoms with Crippen LogP contribution in [-0.4, -0.2) is 27.1 Å². The number of pyridine rings is 1. The fraction of sp³-hybridized carbons (Fsp3) is 0.467. The van der Waals surface area contributed by atoms with E-state index >= 15 is 0 Å². The van der Waals surface area contributed by atoms with E-state index in [9.17, 15) is 0 Å². The summed E-state index contributed by atoms with van der Waals surface area (Å²) in [6.07, 6.45) is 8.50. The van der Waals surface area contributed by atoms with Gasteiger partial charge in [-0.05, 0) is 30.5 Å². The standard InChI is InChI=1S/C15H19N5/c1-2-13(1)18-10-12-3-4-16-14(9-12)20-8-7-19-6-5-17-15(19)11-20/h3-6,9,13,18H,1-2,7-8,10-11H2. The SMILES string of the molecule is c1cc(CNC2CC2)cc(N2CCn3ccnc3C2)n1. The van der Waals surface area contributed by atoms with Crippen LogP contribution in [0.5, 0.6) is 0 Å². The van der Waals surface area contributed by atoms with Crippen molar-refractivity contribution in [2.24, 2.45) is 0 Å². The van der Waals surface area contributed by atoms with Gasteiger partial charge in [0.2, 0.25) is 0 Å². The number of rotatable bonds is 4. The summed E-state index contributed by atoms with van der Waals surface area (Å²) < 4.78 is 2.22. The van der Waals surface area contributed by atoms with Crippen molar-refractivity contribution in [3.8, 4) is 0 Å². The predicted octanol–water partition coefficient (Wildman–Crippen LogP) is 1.55. The lowest BCUT2D eigenvalue weighted by molar-refractivity contribution is 0.556. The van der Waals surface area contributed by atoms with Crippen LogP contribution in [0.4, 0.5) is 5.82 Å². The molecule has 0 aromatic carbocycles. The zero-order valence-corrected chi connectivity index (χ0v) is 11.5. The highest BCUT2D eigenvalue weighted by molar-refractivity contribution is 5.41. The summed E-state index contributed by atoms with van der Waals surface area (Å²) in [5.41, 5.74) is 1.32. The third-order valence-electron chi connectivity index (χ3n) is 4.05. The molecule has 5 nitrogen and oxygen atoms in total. The molecule has 2 aliphatic rings. The van der Waals surface area contributed by atoms with Crippen LogP contribution in [-0.2, 0) is 19.6 Å². The molecule has 0 amide bonds. The molecule has 0 atom stereocenters. The van der Waals surface area contributed by atoms with Crippen LogP contribution in [0.25, 0.3) is 0 Å². The van der Waals surface area contributed by atoms with Crippen molar-refractivity contribution in [2.45, 2.75) is 38.5 Å². The first-order valence-electron chi connectivity index (χ1n) is 7.32. The van der Waals surface area contributed by atoms with Gasteiger partial charge in [-0.1, -0.05) is 0 Å². The van der Waals surface area contributed by atoms with E-state index in [1.807, 2.05) is 12.4 Å². The fourth-order valence-corrected chi connectivity index (χ4v) is 2.66. The molecule has 104 valence electrons. The van der Waals surface area contributed by atoms with Gasteiger partial charge in [-0.2, -0.15) is 0 Å². The molecule has 1 saturated carbocycles. The van der Waals surface area contributed by atoms with E-state index in [2.05, 4.69) is 43.1 Å². The Morgan fingerprint density at radius 3 is 3.05 bits per heavy atom. The number of hydrogen-bond acceptors (Lipinski definition) is 4. The number of nitrogens with zero attached hydrogens (tertiary/aromatic N) is 4. The average molecular weight is 269 g/mol. The zero-order valence-electron chi connectivity index (χ0n) is 11.5. The van der Waals surface area contributed by atoms with Gasteiger partial charge in [0.05, 0.1) is 6.54 Å². The Hall–Kier alpha value is -1.88. The first-order chi connectivity index (χ1) is 9.88. The Labute approximate surface area is 118 Å². The van der Waals surface area contributed by atoms with Gasteiger partial charge in [0.15, 0.2) is 0 Å². The molecule has 0 radical (unpaired) electrons. The van der Waals surface area contributed by atoms with E-state index in [1.54, 1.807) is 0 Å². The van der Waals surface area contributed by atoms with Crippen LogP contribution in [0, 0.1) is 0 Å². The predicted molar refractivity (Wildman–Crippen MR) is 77.4 cm³/mol. The highest BCUT2D eigenvalue weighted by Gasteiger charge is 2.21. The van der Waals surface area contributed by atoms with E-state index in [0.717, 1.165) is 43.9 Å². The van der Waals surface area contributed by atoms with Crippen LogP contribution >= 0.6 is 0 Å². The molecule has 5 heteroatoms. The van der Waals surface area contributed by atoms with E-state index in [1.165, 1.54) is 18.4 Å². The number of imidazole rings is 1. The number of nitrogens with one attached hydrogen (secondary N) is 1. The fourth-order valence-electron chi connectivity index (χ4n) is 2.66. The summed E-state index contributed by atoms with van der Waals surface area (Å²) in [5, 5.41) is 3.55. The normalized spacial score (nSPS) is 18.1. The summed E-state index contributed by atoms with van der Waals surface area (Å²) >= 11 is 0. The van der Waals surface area contributed by atoms with Crippen molar-refractivity contribution >= 4 is 5.82 Å². The highest BCUT2D eigenvalue weighted by Crippen LogP contribution is 2.21. The van der Waals surface area contributed by atoms with Crippen LogP contribution < -0.4 is 10.2 Å². The lowest BCUT2D eigenvalue weighted by atomic mass is 10.2. The Morgan fingerprint density at radius 1 is 1.20 bits per heavy atom. The van der Waals surface area contributed by atoms with Gasteiger partial charge < -0.3 is 14.8 Å². The van der Waals surface area contributed by atoms with Crippen LogP contribution in [0.2, 0.25) is 0 Å². The molecule has 1 fully saturated rings. The molecule has 2 aromatic heterocycles. The molecule has 1 aliphatic carbocycles. The summed E-state index contributed by atoms with van der Waals surface area (Å²) in [6, 6.07) is 5.05. The minimum Gasteiger partial charge on any atom is -0.347 e. The number of fused-ring (bicyclic) bond motifs is 1. The molecule has 0 saturated heterocycles. The van der Waals surface area contributed by atoms with Gasteiger partial charge in [0.1, 0.15) is 11.6 Å². The second kappa shape index (κ2) is 4.90. The lowest BCUT2D eigenvalue weighted by Gasteiger charge is -2.28. The van der Waals surface area contributed by atoms with Gasteiger partial charge in [-0.3, -0.25) is 0 Å². The summed E-state index contributed by atoms with van der Waals surface area (Å²) in [5.74, 6) is 2.19. The Morgan fingerprint density at radius 2 is 2.15 bits per heavy atom. The molecule has 0 unspecified atom stereocenters. The highest BCUT2D eigenvalue weighted by atomic mass is 15.3. The second-order valence-electron chi connectivity index (χ2n) is 5.64. The van der Waals surface area contributed by atoms with Crippen molar-refractivity contribution in [1.82, 2.24) is 19.9 Å². The maximum Gasteiger partial charge on any atom is 0.129 e. The van der Waals surface area contributed by atoms with E-state index in [0.29, 0.717) is 0 Å². The lowest BCUT2D eigenvalue weighted by Crippen LogP contribution is -2.34. The van der Waals surface area contributed by atoms with Gasteiger partial charge in [0, 0.05) is 44.3 Å². The minimum absolute atomic E-state index is 0.745. The molecule has 0 spiro atoms. The third-order valence-corrected chi connectivity index (χ3v) is 4.05. The molecule has 0 bridgehead atoms. The minimum atomic E-state index is 0.745. The van der Waals surface area contributed by atoms with Crippen molar-refractivity contribution in [1.29, 1.82) is 0 Å². The smallest absolute Gasteiger partial charge is 0.129 e. The topological polar surface area (TPSA) is 46.0 Å². The maximum absolute atomic E-state index is 4.52. The Balaban J connectivity index is 1.49. The molecular weight excluding hydrogens is 250 g/mol. The van der Waals surface area contributed by atoms with Gasteiger partial charge in [-0.25, -0.2) is 9.97 Å². The van der Waals surface area contributed by atoms with E-state index in [4.69, 9.17) is 0 Å². The van der Waals surface area contributed by atoms with Gasteiger partial charge in [0.25, 0.3) is 0 Å². The Bertz CT molecular complexity index is 602. The first kappa shape index (κ1) is 11.9. The molecule has 4 rings (SSSR count). The summed E-state index contributed by atoms with van der Waals surface area (Å²) in [4.78, 5) is 11.2. The quantitative estimate of drug-likeness (QED) is 0.915. The molecule has 1 N–H and O–H groups in total. The van der Waals surface area contributed by atoms with E-state index < -0.39 is 0 Å². The Kier molecular flexibility index (Phi) is 2.92. The molecule has 20 heavy (non-hydrogen) atoms. The largest absolute Gasteiger partial charge is 0.347 e. The molecule has 1 aliphatic heterocycles. The van der Waals surface area contributed by atoms with Crippen LogP contribution in [0.3, 0.4) is 0 Å². The molecular formula is C15H19N5. The van der Waals surface area contributed by atoms with Crippen molar-refractivity contribution in [2.75, 3.05) is 11.4 Å². The summed E-state index contributed by atoms with van der Waals surface area (Å²) in [7, 11) is 0. The second-order valence-corrected chi connectivity index (χ2v) is 5.64. The number of hydrogen-bond donors (Lipinski definition) is 1.